The molecule has 0 fully saturated rings. The quantitative estimate of drug-likeness (QED) is 0.179. The van der Waals surface area contributed by atoms with Gasteiger partial charge < -0.3 is 14.9 Å². The van der Waals surface area contributed by atoms with Crippen LogP contribution in [0.15, 0.2) is 63.8 Å². The van der Waals surface area contributed by atoms with Crippen LogP contribution in [0.3, 0.4) is 0 Å². The summed E-state index contributed by atoms with van der Waals surface area (Å²) in [5, 5.41) is 11.2. The van der Waals surface area contributed by atoms with Gasteiger partial charge in [0.2, 0.25) is 0 Å². The van der Waals surface area contributed by atoms with Crippen molar-refractivity contribution in [2.75, 3.05) is 0 Å². The number of nitrogens with two attached hydrogens (primary N) is 1. The van der Waals surface area contributed by atoms with Gasteiger partial charge in [0.25, 0.3) is 11.6 Å². The molecule has 9 nitrogen and oxygen atoms in total. The van der Waals surface area contributed by atoms with E-state index >= 15 is 0 Å². The second-order valence-electron chi connectivity index (χ2n) is 5.62. The van der Waals surface area contributed by atoms with Crippen LogP contribution in [0.1, 0.15) is 15.9 Å². The summed E-state index contributed by atoms with van der Waals surface area (Å²) in [6.45, 7) is 0. The number of primary amides is 1. The van der Waals surface area contributed by atoms with Crippen LogP contribution in [0, 0.1) is 10.1 Å². The number of carbonyl (C=O) groups is 2. The van der Waals surface area contributed by atoms with Crippen LogP contribution in [0.4, 0.5) is 5.69 Å². The van der Waals surface area contributed by atoms with E-state index in [1.165, 1.54) is 48.5 Å². The lowest BCUT2D eigenvalue weighted by molar-refractivity contribution is -0.384. The highest BCUT2D eigenvalue weighted by atomic mass is 16.6. The van der Waals surface area contributed by atoms with Gasteiger partial charge in [-0.3, -0.25) is 14.9 Å². The maximum Gasteiger partial charge on any atom is 0.349 e. The molecular formula is C19H12N2O7. The molecule has 9 heteroatoms. The number of ether oxygens (including phenoxy) is 1. The van der Waals surface area contributed by atoms with Gasteiger partial charge in [-0.2, -0.15) is 0 Å². The monoisotopic (exact) mass is 380 g/mol. The first-order valence-corrected chi connectivity index (χ1v) is 7.85. The third-order valence-electron chi connectivity index (χ3n) is 3.68. The molecule has 0 aliphatic carbocycles. The Labute approximate surface area is 156 Å². The predicted molar refractivity (Wildman–Crippen MR) is 98.8 cm³/mol. The highest BCUT2D eigenvalue weighted by molar-refractivity contribution is 5.95. The van der Waals surface area contributed by atoms with E-state index in [2.05, 4.69) is 0 Å². The summed E-state index contributed by atoms with van der Waals surface area (Å²) in [6, 6.07) is 11.3. The Hall–Kier alpha value is -4.27. The molecule has 0 spiro atoms. The third-order valence-corrected chi connectivity index (χ3v) is 3.68. The normalized spacial score (nSPS) is 10.9. The minimum absolute atomic E-state index is 0.101. The average molecular weight is 380 g/mol. The van der Waals surface area contributed by atoms with E-state index < -0.39 is 22.4 Å². The number of carbonyl (C=O) groups excluding carboxylic acids is 2. The smallest absolute Gasteiger partial charge is 0.349 e. The van der Waals surface area contributed by atoms with E-state index in [-0.39, 0.29) is 22.6 Å². The molecule has 0 saturated carbocycles. The first-order valence-electron chi connectivity index (χ1n) is 7.85. The Balaban J connectivity index is 1.78. The number of esters is 1. The summed E-state index contributed by atoms with van der Waals surface area (Å²) in [6.07, 6.45) is 2.48. The molecule has 0 aliphatic heterocycles. The van der Waals surface area contributed by atoms with Crippen molar-refractivity contribution in [3.05, 3.63) is 86.3 Å². The molecule has 1 aromatic heterocycles. The molecule has 2 N–H and O–H groups in total. The fourth-order valence-electron chi connectivity index (χ4n) is 2.38. The van der Waals surface area contributed by atoms with E-state index in [1.807, 2.05) is 0 Å². The zero-order valence-electron chi connectivity index (χ0n) is 14.2. The van der Waals surface area contributed by atoms with Crippen LogP contribution >= 0.6 is 0 Å². The molecule has 1 amide bonds. The molecule has 0 atom stereocenters. The first-order chi connectivity index (χ1) is 13.3. The average Bonchev–Trinajstić information content (AvgIpc) is 2.65. The number of hydrogen-bond acceptors (Lipinski definition) is 7. The summed E-state index contributed by atoms with van der Waals surface area (Å²) >= 11 is 0. The Kier molecular flexibility index (Phi) is 4.99. The van der Waals surface area contributed by atoms with Crippen molar-refractivity contribution < 1.29 is 23.7 Å². The predicted octanol–water partition coefficient (Wildman–Crippen LogP) is 2.42. The topological polar surface area (TPSA) is 143 Å². The van der Waals surface area contributed by atoms with Gasteiger partial charge in [-0.15, -0.1) is 0 Å². The number of nitro benzene ring substituents is 1. The number of fused-ring (bicyclic) bond motifs is 1. The minimum Gasteiger partial charge on any atom is -0.423 e. The Morgan fingerprint density at radius 3 is 2.64 bits per heavy atom. The fraction of sp³-hybridized carbons (Fsp3) is 0. The SMILES string of the molecule is NC(=O)c1cc2ccc(OC(=O)/C=C/c3cccc([N+](=O)[O-])c3)cc2oc1=O. The zero-order chi connectivity index (χ0) is 20.3. The summed E-state index contributed by atoms with van der Waals surface area (Å²) in [4.78, 5) is 45.1. The number of amides is 1. The van der Waals surface area contributed by atoms with Crippen LogP contribution in [0.2, 0.25) is 0 Å². The molecule has 140 valence electrons. The van der Waals surface area contributed by atoms with Crippen LogP contribution in [-0.2, 0) is 4.79 Å². The molecule has 0 unspecified atom stereocenters. The molecule has 0 bridgehead atoms. The van der Waals surface area contributed by atoms with E-state index in [1.54, 1.807) is 6.07 Å². The van der Waals surface area contributed by atoms with Crippen LogP contribution in [-0.4, -0.2) is 16.8 Å². The van der Waals surface area contributed by atoms with Gasteiger partial charge in [0, 0.05) is 29.7 Å². The maximum absolute atomic E-state index is 12.0. The lowest BCUT2D eigenvalue weighted by Gasteiger charge is -2.03. The van der Waals surface area contributed by atoms with Crippen LogP contribution < -0.4 is 16.1 Å². The van der Waals surface area contributed by atoms with Gasteiger partial charge >= 0.3 is 11.6 Å². The van der Waals surface area contributed by atoms with Crippen molar-refractivity contribution in [3.8, 4) is 5.75 Å². The second-order valence-corrected chi connectivity index (χ2v) is 5.62. The zero-order valence-corrected chi connectivity index (χ0v) is 14.2. The molecule has 3 rings (SSSR count). The van der Waals surface area contributed by atoms with Gasteiger partial charge in [-0.1, -0.05) is 12.1 Å². The van der Waals surface area contributed by atoms with E-state index in [4.69, 9.17) is 14.9 Å². The molecule has 0 saturated heterocycles. The number of nitro groups is 1. The van der Waals surface area contributed by atoms with Crippen LogP contribution in [0.25, 0.3) is 17.0 Å². The van der Waals surface area contributed by atoms with Crippen molar-refractivity contribution in [1.82, 2.24) is 0 Å². The van der Waals surface area contributed by atoms with Crippen molar-refractivity contribution in [2.45, 2.75) is 0 Å². The molecule has 2 aromatic carbocycles. The van der Waals surface area contributed by atoms with Gasteiger partial charge in [-0.05, 0) is 29.8 Å². The largest absolute Gasteiger partial charge is 0.423 e. The summed E-state index contributed by atoms with van der Waals surface area (Å²) in [5.74, 6) is -1.53. The van der Waals surface area contributed by atoms with E-state index in [9.17, 15) is 24.5 Å². The standard InChI is InChI=1S/C19H12N2O7/c20-18(23)15-9-12-5-6-14(10-16(12)28-19(15)24)27-17(22)7-4-11-2-1-3-13(8-11)21(25)26/h1-10H,(H2,20,23)/b7-4+. The number of benzene rings is 2. The molecule has 0 aliphatic rings. The number of hydrogen-bond donors (Lipinski definition) is 1. The van der Waals surface area contributed by atoms with Crippen molar-refractivity contribution in [3.63, 3.8) is 0 Å². The van der Waals surface area contributed by atoms with Crippen molar-refractivity contribution in [1.29, 1.82) is 0 Å². The van der Waals surface area contributed by atoms with Gasteiger partial charge in [0.05, 0.1) is 4.92 Å². The first kappa shape index (κ1) is 18.5. The number of rotatable bonds is 5. The van der Waals surface area contributed by atoms with Crippen LogP contribution in [0.5, 0.6) is 5.75 Å². The highest BCUT2D eigenvalue weighted by Gasteiger charge is 2.11. The second kappa shape index (κ2) is 7.54. The van der Waals surface area contributed by atoms with E-state index in [0.29, 0.717) is 10.9 Å². The molecule has 1 heterocycles. The molecule has 0 radical (unpaired) electrons. The Morgan fingerprint density at radius 2 is 1.93 bits per heavy atom. The molecule has 28 heavy (non-hydrogen) atoms. The minimum atomic E-state index is -0.905. The fourth-order valence-corrected chi connectivity index (χ4v) is 2.38. The Bertz CT molecular complexity index is 1190. The summed E-state index contributed by atoms with van der Waals surface area (Å²) < 4.78 is 10.1. The lowest BCUT2D eigenvalue weighted by Crippen LogP contribution is -2.20. The summed E-state index contributed by atoms with van der Waals surface area (Å²) in [7, 11) is 0. The summed E-state index contributed by atoms with van der Waals surface area (Å²) in [5.41, 5.74) is 4.39. The third kappa shape index (κ3) is 4.10. The number of nitrogens with zero attached hydrogens (tertiary/aromatic N) is 1. The molecular weight excluding hydrogens is 368 g/mol. The van der Waals surface area contributed by atoms with E-state index in [0.717, 1.165) is 6.08 Å². The lowest BCUT2D eigenvalue weighted by atomic mass is 10.1. The molecule has 3 aromatic rings. The Morgan fingerprint density at radius 1 is 1.14 bits per heavy atom. The van der Waals surface area contributed by atoms with Crippen molar-refractivity contribution in [2.24, 2.45) is 5.73 Å². The highest BCUT2D eigenvalue weighted by Crippen LogP contribution is 2.21. The van der Waals surface area contributed by atoms with Gasteiger partial charge in [-0.25, -0.2) is 9.59 Å². The van der Waals surface area contributed by atoms with Gasteiger partial charge in [0.1, 0.15) is 16.9 Å². The maximum atomic E-state index is 12.0. The van der Waals surface area contributed by atoms with Gasteiger partial charge in [0.15, 0.2) is 0 Å². The van der Waals surface area contributed by atoms with Crippen molar-refractivity contribution >= 4 is 34.6 Å². The number of non-ortho nitro benzene ring substituents is 1.